The molecule has 2 aliphatic heterocycles. The van der Waals surface area contributed by atoms with Gasteiger partial charge in [0, 0.05) is 24.7 Å². The van der Waals surface area contributed by atoms with E-state index in [1.54, 1.807) is 6.92 Å². The third-order valence-electron chi connectivity index (χ3n) is 4.62. The summed E-state index contributed by atoms with van der Waals surface area (Å²) < 4.78 is 14.9. The summed E-state index contributed by atoms with van der Waals surface area (Å²) in [4.78, 5) is 54.5. The largest absolute Gasteiger partial charge is 0.428 e. The van der Waals surface area contributed by atoms with Crippen molar-refractivity contribution in [2.45, 2.75) is 24.8 Å². The van der Waals surface area contributed by atoms with Crippen molar-refractivity contribution in [2.75, 3.05) is 32.0 Å². The number of hydrogen-bond acceptors (Lipinski definition) is 13. The van der Waals surface area contributed by atoms with Crippen LogP contribution in [0.4, 0.5) is 5.13 Å². The minimum atomic E-state index is -0.986. The van der Waals surface area contributed by atoms with Crippen molar-refractivity contribution in [3.63, 3.8) is 0 Å². The highest BCUT2D eigenvalue weighted by Gasteiger charge is 2.54. The second kappa shape index (κ2) is 10.6. The Hall–Kier alpha value is -3.17. The number of β-lactam (4-membered cyclic amide) rings is 1. The topological polar surface area (TPSA) is 183 Å². The third-order valence-corrected chi connectivity index (χ3v) is 6.64. The molecule has 1 unspecified atom stereocenters. The number of anilines is 1. The highest BCUT2D eigenvalue weighted by atomic mass is 32.2. The Morgan fingerprint density at radius 1 is 1.39 bits per heavy atom. The first-order chi connectivity index (χ1) is 15.8. The highest BCUT2D eigenvalue weighted by Crippen LogP contribution is 2.40. The number of nitrogens with zero attached hydrogens (tertiary/aromatic N) is 3. The van der Waals surface area contributed by atoms with Gasteiger partial charge >= 0.3 is 11.9 Å². The van der Waals surface area contributed by atoms with Gasteiger partial charge in [0.05, 0.1) is 6.61 Å². The second-order valence-electron chi connectivity index (χ2n) is 6.69. The van der Waals surface area contributed by atoms with Gasteiger partial charge < -0.3 is 30.5 Å². The molecule has 0 spiro atoms. The maximum absolute atomic E-state index is 12.9. The van der Waals surface area contributed by atoms with E-state index in [0.29, 0.717) is 11.3 Å². The summed E-state index contributed by atoms with van der Waals surface area (Å²) in [5.74, 6) is -2.47. The molecule has 0 aliphatic carbocycles. The van der Waals surface area contributed by atoms with Gasteiger partial charge in [0.1, 0.15) is 22.8 Å². The molecule has 2 amide bonds. The van der Waals surface area contributed by atoms with Crippen molar-refractivity contribution >= 4 is 57.7 Å². The first-order valence-electron chi connectivity index (χ1n) is 9.55. The minimum Gasteiger partial charge on any atom is -0.428 e. The predicted molar refractivity (Wildman–Crippen MR) is 116 cm³/mol. The molecule has 2 aliphatic rings. The van der Waals surface area contributed by atoms with E-state index < -0.39 is 47.7 Å². The maximum atomic E-state index is 12.9. The molecule has 1 fully saturated rings. The van der Waals surface area contributed by atoms with Gasteiger partial charge in [-0.05, 0) is 5.57 Å². The molecule has 1 aromatic heterocycles. The number of thiazole rings is 1. The van der Waals surface area contributed by atoms with E-state index in [4.69, 9.17) is 19.9 Å². The van der Waals surface area contributed by atoms with Gasteiger partial charge in [-0.25, -0.2) is 9.78 Å². The Bertz CT molecular complexity index is 1020. The van der Waals surface area contributed by atoms with Gasteiger partial charge in [-0.15, -0.1) is 23.1 Å². The Kier molecular flexibility index (Phi) is 7.88. The molecule has 15 heteroatoms. The molecule has 1 saturated heterocycles. The average Bonchev–Trinajstić information content (AvgIpc) is 3.23. The summed E-state index contributed by atoms with van der Waals surface area (Å²) in [7, 11) is 1.44. The highest BCUT2D eigenvalue weighted by molar-refractivity contribution is 8.00. The summed E-state index contributed by atoms with van der Waals surface area (Å²) in [5.41, 5.74) is 5.70. The summed E-state index contributed by atoms with van der Waals surface area (Å²) in [5, 5.41) is 15.7. The van der Waals surface area contributed by atoms with Crippen LogP contribution < -0.4 is 11.1 Å². The lowest BCUT2D eigenvalue weighted by molar-refractivity contribution is -0.167. The van der Waals surface area contributed by atoms with E-state index in [9.17, 15) is 24.4 Å². The van der Waals surface area contributed by atoms with E-state index >= 15 is 0 Å². The fraction of sp³-hybridized carbons (Fsp3) is 0.444. The number of oxime groups is 1. The lowest BCUT2D eigenvalue weighted by Gasteiger charge is -2.49. The van der Waals surface area contributed by atoms with Crippen molar-refractivity contribution in [1.29, 1.82) is 0 Å². The number of fused-ring (bicyclic) bond motifs is 1. The summed E-state index contributed by atoms with van der Waals surface area (Å²) in [6.07, 6.45) is 0.118. The Morgan fingerprint density at radius 2 is 2.15 bits per heavy atom. The van der Waals surface area contributed by atoms with Crippen LogP contribution in [0, 0.1) is 0 Å². The average molecular weight is 500 g/mol. The van der Waals surface area contributed by atoms with Crippen LogP contribution in [-0.2, 0) is 33.4 Å². The molecule has 3 heterocycles. The number of nitrogens with one attached hydrogen (secondary N) is 1. The van der Waals surface area contributed by atoms with Crippen LogP contribution >= 0.6 is 23.1 Å². The van der Waals surface area contributed by atoms with Crippen molar-refractivity contribution in [3.05, 3.63) is 22.3 Å². The van der Waals surface area contributed by atoms with Crippen molar-refractivity contribution in [1.82, 2.24) is 15.2 Å². The molecule has 33 heavy (non-hydrogen) atoms. The molecule has 3 rings (SSSR count). The van der Waals surface area contributed by atoms with Crippen molar-refractivity contribution in [2.24, 2.45) is 5.16 Å². The van der Waals surface area contributed by atoms with Crippen LogP contribution in [0.2, 0.25) is 0 Å². The smallest absolute Gasteiger partial charge is 0.358 e. The number of ether oxygens (including phenoxy) is 3. The van der Waals surface area contributed by atoms with Crippen LogP contribution in [0.15, 0.2) is 21.8 Å². The number of rotatable bonds is 9. The lowest BCUT2D eigenvalue weighted by Crippen LogP contribution is -2.71. The number of nitrogens with two attached hydrogens (primary N) is 1. The number of esters is 2. The number of amides is 2. The molecule has 178 valence electrons. The van der Waals surface area contributed by atoms with E-state index in [-0.39, 0.29) is 29.6 Å². The zero-order valence-corrected chi connectivity index (χ0v) is 19.2. The normalized spacial score (nSPS) is 20.1. The zero-order valence-electron chi connectivity index (χ0n) is 17.6. The van der Waals surface area contributed by atoms with Gasteiger partial charge in [0.15, 0.2) is 10.8 Å². The molecule has 13 nitrogen and oxygen atoms in total. The molecular weight excluding hydrogens is 478 g/mol. The number of carbonyl (C=O) groups excluding carboxylic acids is 4. The van der Waals surface area contributed by atoms with Gasteiger partial charge in [0.25, 0.3) is 11.8 Å². The predicted octanol–water partition coefficient (Wildman–Crippen LogP) is -0.342. The molecule has 2 atom stereocenters. The molecule has 1 aromatic rings. The molecule has 0 saturated carbocycles. The monoisotopic (exact) mass is 499 g/mol. The maximum Gasteiger partial charge on any atom is 0.358 e. The van der Waals surface area contributed by atoms with Gasteiger partial charge in [-0.1, -0.05) is 12.1 Å². The quantitative estimate of drug-likeness (QED) is 0.101. The van der Waals surface area contributed by atoms with Gasteiger partial charge in [0.2, 0.25) is 6.79 Å². The fourth-order valence-corrected chi connectivity index (χ4v) is 4.97. The van der Waals surface area contributed by atoms with Crippen LogP contribution in [0.3, 0.4) is 0 Å². The van der Waals surface area contributed by atoms with E-state index in [1.165, 1.54) is 29.2 Å². The standard InChI is InChI=1S/C18H21N5O8S2/c1-3-10(24)30-7-31-17(27)13-8(4-29-2)5-32-16-12(15(26)23(13)16)21-14(25)11(22-28)9-6-33-18(19)20-9/h6,12,16,28H,3-5,7H2,1-2H3,(H2,19,20)(H,21,25)/b22-11-/t12?,16-/m1/s1. The van der Waals surface area contributed by atoms with Crippen molar-refractivity contribution < 1.29 is 38.6 Å². The number of carbonyl (C=O) groups is 4. The number of nitrogen functional groups attached to an aromatic ring is 1. The zero-order chi connectivity index (χ0) is 24.1. The Labute approximate surface area is 195 Å². The van der Waals surface area contributed by atoms with Gasteiger partial charge in [-0.2, -0.15) is 0 Å². The van der Waals surface area contributed by atoms with Crippen molar-refractivity contribution in [3.8, 4) is 0 Å². The van der Waals surface area contributed by atoms with Crippen LogP contribution in [0.5, 0.6) is 0 Å². The molecular formula is C18H21N5O8S2. The van der Waals surface area contributed by atoms with Crippen LogP contribution in [-0.4, -0.2) is 82.2 Å². The number of aromatic nitrogens is 1. The Morgan fingerprint density at radius 3 is 2.76 bits per heavy atom. The molecule has 0 aromatic carbocycles. The molecule has 4 N–H and O–H groups in total. The minimum absolute atomic E-state index is 0.0213. The summed E-state index contributed by atoms with van der Waals surface area (Å²) in [6.45, 7) is 1.07. The number of methoxy groups -OCH3 is 1. The Balaban J connectivity index is 1.72. The number of hydrogen-bond donors (Lipinski definition) is 3. The van der Waals surface area contributed by atoms with E-state index in [1.807, 2.05) is 0 Å². The third kappa shape index (κ3) is 5.09. The SMILES string of the molecule is CCC(=O)OCOC(=O)C1=C(COC)CS[C@@H]2C(NC(=O)/C(=N\O)c3csc(N)n3)C(=O)N12. The van der Waals surface area contributed by atoms with Crippen LogP contribution in [0.25, 0.3) is 0 Å². The van der Waals surface area contributed by atoms with E-state index in [0.717, 1.165) is 11.3 Å². The fourth-order valence-electron chi connectivity index (χ4n) is 3.10. The van der Waals surface area contributed by atoms with Crippen LogP contribution in [0.1, 0.15) is 19.0 Å². The number of thioether (sulfide) groups is 1. The van der Waals surface area contributed by atoms with E-state index in [2.05, 4.69) is 15.5 Å². The lowest BCUT2D eigenvalue weighted by atomic mass is 10.0. The second-order valence-corrected chi connectivity index (χ2v) is 8.68. The molecule has 0 bridgehead atoms. The summed E-state index contributed by atoms with van der Waals surface area (Å²) in [6, 6.07) is -0.986. The van der Waals surface area contributed by atoms with Gasteiger partial charge in [-0.3, -0.25) is 19.3 Å². The first kappa shape index (κ1) is 24.5. The molecule has 0 radical (unpaired) electrons. The first-order valence-corrected chi connectivity index (χ1v) is 11.5. The summed E-state index contributed by atoms with van der Waals surface area (Å²) >= 11 is 2.37.